The van der Waals surface area contributed by atoms with Crippen LogP contribution in [0.2, 0.25) is 5.02 Å². The summed E-state index contributed by atoms with van der Waals surface area (Å²) in [5, 5.41) is 4.22. The number of hydrogen-bond acceptors (Lipinski definition) is 3. The molecule has 2 aromatic rings. The van der Waals surface area contributed by atoms with Gasteiger partial charge in [0.05, 0.1) is 12.1 Å². The van der Waals surface area contributed by atoms with Gasteiger partial charge in [-0.2, -0.15) is 0 Å². The van der Waals surface area contributed by atoms with Crippen LogP contribution in [0.4, 0.5) is 0 Å². The first-order valence-corrected chi connectivity index (χ1v) is 7.58. The van der Waals surface area contributed by atoms with Crippen LogP contribution in [-0.4, -0.2) is 18.6 Å². The minimum atomic E-state index is 0.235. The highest BCUT2D eigenvalue weighted by Crippen LogP contribution is 2.29. The summed E-state index contributed by atoms with van der Waals surface area (Å²) in [6.45, 7) is 3.14. The molecule has 0 radical (unpaired) electrons. The van der Waals surface area contributed by atoms with E-state index in [0.29, 0.717) is 10.8 Å². The quantitative estimate of drug-likeness (QED) is 0.838. The number of hydrogen-bond donors (Lipinski definition) is 1. The molecule has 0 spiro atoms. The molecule has 0 saturated heterocycles. The van der Waals surface area contributed by atoms with Gasteiger partial charge in [0, 0.05) is 18.4 Å². The van der Waals surface area contributed by atoms with Crippen molar-refractivity contribution in [3.05, 3.63) is 58.9 Å². The lowest BCUT2D eigenvalue weighted by Crippen LogP contribution is -2.24. The lowest BCUT2D eigenvalue weighted by Gasteiger charge is -2.20. The highest BCUT2D eigenvalue weighted by Gasteiger charge is 2.13. The topological polar surface area (TPSA) is 34.2 Å². The maximum Gasteiger partial charge on any atom is 0.137 e. The van der Waals surface area contributed by atoms with Gasteiger partial charge in [0.1, 0.15) is 5.75 Å². The molecule has 1 aromatic carbocycles. The summed E-state index contributed by atoms with van der Waals surface area (Å²) >= 11 is 6.11. The van der Waals surface area contributed by atoms with Crippen LogP contribution in [0.15, 0.2) is 42.7 Å². The lowest BCUT2D eigenvalue weighted by molar-refractivity contribution is 0.413. The first-order chi connectivity index (χ1) is 10.2. The number of nitrogens with one attached hydrogen (secondary N) is 1. The summed E-state index contributed by atoms with van der Waals surface area (Å²) < 4.78 is 5.32. The average molecular weight is 305 g/mol. The summed E-state index contributed by atoms with van der Waals surface area (Å²) in [5.74, 6) is 0.715. The molecule has 1 N–H and O–H groups in total. The van der Waals surface area contributed by atoms with E-state index < -0.39 is 0 Å². The Bertz CT molecular complexity index is 560. The van der Waals surface area contributed by atoms with Crippen LogP contribution in [0, 0.1) is 0 Å². The molecule has 112 valence electrons. The molecule has 0 bridgehead atoms. The van der Waals surface area contributed by atoms with Crippen molar-refractivity contribution in [3.63, 3.8) is 0 Å². The van der Waals surface area contributed by atoms with E-state index in [4.69, 9.17) is 16.3 Å². The molecular weight excluding hydrogens is 284 g/mol. The Morgan fingerprint density at radius 2 is 2.00 bits per heavy atom. The molecule has 1 heterocycles. The van der Waals surface area contributed by atoms with E-state index in [1.54, 1.807) is 7.11 Å². The Morgan fingerprint density at radius 3 is 2.67 bits per heavy atom. The standard InChI is InChI=1S/C17H21ClN2O/c1-3-8-20-16(11-13-6-9-19-10-7-13)14-4-5-15(18)17(12-14)21-2/h4-7,9-10,12,16,20H,3,8,11H2,1-2H3. The molecule has 2 rings (SSSR count). The second kappa shape index (κ2) is 8.01. The van der Waals surface area contributed by atoms with Crippen LogP contribution in [-0.2, 0) is 6.42 Å². The second-order valence-corrected chi connectivity index (χ2v) is 5.37. The predicted octanol–water partition coefficient (Wildman–Crippen LogP) is 4.03. The van der Waals surface area contributed by atoms with Crippen molar-refractivity contribution in [1.29, 1.82) is 0 Å². The van der Waals surface area contributed by atoms with E-state index in [1.807, 2.05) is 36.7 Å². The van der Waals surface area contributed by atoms with Gasteiger partial charge in [-0.3, -0.25) is 4.98 Å². The van der Waals surface area contributed by atoms with Crippen LogP contribution in [0.3, 0.4) is 0 Å². The number of nitrogens with zero attached hydrogens (tertiary/aromatic N) is 1. The Balaban J connectivity index is 2.22. The van der Waals surface area contributed by atoms with Gasteiger partial charge in [-0.25, -0.2) is 0 Å². The summed E-state index contributed by atoms with van der Waals surface area (Å²) in [5.41, 5.74) is 2.44. The minimum absolute atomic E-state index is 0.235. The van der Waals surface area contributed by atoms with E-state index >= 15 is 0 Å². The summed E-state index contributed by atoms with van der Waals surface area (Å²) in [7, 11) is 1.64. The number of pyridine rings is 1. The van der Waals surface area contributed by atoms with Crippen molar-refractivity contribution in [3.8, 4) is 5.75 Å². The smallest absolute Gasteiger partial charge is 0.137 e. The van der Waals surface area contributed by atoms with E-state index in [2.05, 4.69) is 23.3 Å². The largest absolute Gasteiger partial charge is 0.495 e. The van der Waals surface area contributed by atoms with Crippen LogP contribution < -0.4 is 10.1 Å². The molecule has 1 unspecified atom stereocenters. The zero-order chi connectivity index (χ0) is 15.1. The van der Waals surface area contributed by atoms with Gasteiger partial charge in [-0.15, -0.1) is 0 Å². The van der Waals surface area contributed by atoms with E-state index in [0.717, 1.165) is 19.4 Å². The lowest BCUT2D eigenvalue weighted by atomic mass is 9.99. The fourth-order valence-electron chi connectivity index (χ4n) is 2.27. The van der Waals surface area contributed by atoms with Crippen LogP contribution in [0.1, 0.15) is 30.5 Å². The molecule has 1 atom stereocenters. The second-order valence-electron chi connectivity index (χ2n) is 4.96. The number of aromatic nitrogens is 1. The van der Waals surface area contributed by atoms with Crippen molar-refractivity contribution in [2.75, 3.05) is 13.7 Å². The molecule has 21 heavy (non-hydrogen) atoms. The summed E-state index contributed by atoms with van der Waals surface area (Å²) in [4.78, 5) is 4.07. The zero-order valence-corrected chi connectivity index (χ0v) is 13.2. The van der Waals surface area contributed by atoms with E-state index in [9.17, 15) is 0 Å². The van der Waals surface area contributed by atoms with Gasteiger partial charge in [0.15, 0.2) is 0 Å². The molecule has 1 aromatic heterocycles. The molecule has 0 aliphatic heterocycles. The molecule has 0 fully saturated rings. The van der Waals surface area contributed by atoms with Gasteiger partial charge in [-0.1, -0.05) is 24.6 Å². The van der Waals surface area contributed by atoms with Gasteiger partial charge >= 0.3 is 0 Å². The Kier molecular flexibility index (Phi) is 6.03. The molecule has 3 nitrogen and oxygen atoms in total. The first kappa shape index (κ1) is 15.8. The van der Waals surface area contributed by atoms with Crippen molar-refractivity contribution < 1.29 is 4.74 Å². The third-order valence-corrected chi connectivity index (χ3v) is 3.72. The third-order valence-electron chi connectivity index (χ3n) is 3.41. The summed E-state index contributed by atoms with van der Waals surface area (Å²) in [6.07, 6.45) is 5.66. The number of rotatable bonds is 7. The van der Waals surface area contributed by atoms with Crippen molar-refractivity contribution in [1.82, 2.24) is 10.3 Å². The van der Waals surface area contributed by atoms with E-state index in [-0.39, 0.29) is 6.04 Å². The maximum atomic E-state index is 6.11. The highest BCUT2D eigenvalue weighted by molar-refractivity contribution is 6.32. The molecule has 0 amide bonds. The fourth-order valence-corrected chi connectivity index (χ4v) is 2.47. The van der Waals surface area contributed by atoms with Gasteiger partial charge in [0.25, 0.3) is 0 Å². The zero-order valence-electron chi connectivity index (χ0n) is 12.5. The average Bonchev–Trinajstić information content (AvgIpc) is 2.53. The van der Waals surface area contributed by atoms with Gasteiger partial charge < -0.3 is 10.1 Å². The molecule has 0 aliphatic rings. The van der Waals surface area contributed by atoms with Crippen molar-refractivity contribution in [2.45, 2.75) is 25.8 Å². The number of halogens is 1. The summed E-state index contributed by atoms with van der Waals surface area (Å²) in [6, 6.07) is 10.3. The van der Waals surface area contributed by atoms with Gasteiger partial charge in [-0.05, 0) is 54.8 Å². The van der Waals surface area contributed by atoms with Gasteiger partial charge in [0.2, 0.25) is 0 Å². The van der Waals surface area contributed by atoms with Crippen LogP contribution in [0.25, 0.3) is 0 Å². The number of ether oxygens (including phenoxy) is 1. The monoisotopic (exact) mass is 304 g/mol. The Morgan fingerprint density at radius 1 is 1.24 bits per heavy atom. The molecule has 0 aliphatic carbocycles. The molecule has 0 saturated carbocycles. The third kappa shape index (κ3) is 4.45. The van der Waals surface area contributed by atoms with Crippen molar-refractivity contribution in [2.24, 2.45) is 0 Å². The number of benzene rings is 1. The van der Waals surface area contributed by atoms with Crippen molar-refractivity contribution >= 4 is 11.6 Å². The van der Waals surface area contributed by atoms with Crippen LogP contribution >= 0.6 is 11.6 Å². The highest BCUT2D eigenvalue weighted by atomic mass is 35.5. The fraction of sp³-hybridized carbons (Fsp3) is 0.353. The maximum absolute atomic E-state index is 6.11. The van der Waals surface area contributed by atoms with E-state index in [1.165, 1.54) is 11.1 Å². The SMILES string of the molecule is CCCNC(Cc1ccncc1)c1ccc(Cl)c(OC)c1. The molecule has 4 heteroatoms. The first-order valence-electron chi connectivity index (χ1n) is 7.20. The predicted molar refractivity (Wildman–Crippen MR) is 87.0 cm³/mol. The van der Waals surface area contributed by atoms with Crippen LogP contribution in [0.5, 0.6) is 5.75 Å². The Hall–Kier alpha value is -1.58. The normalized spacial score (nSPS) is 12.1. The molecular formula is C17H21ClN2O. The Labute approximate surface area is 131 Å². The number of methoxy groups -OCH3 is 1. The minimum Gasteiger partial charge on any atom is -0.495 e.